The summed E-state index contributed by atoms with van der Waals surface area (Å²) in [7, 11) is 1.81. The molecule has 16 heavy (non-hydrogen) atoms. The van der Waals surface area contributed by atoms with Crippen molar-refractivity contribution in [3.8, 4) is 0 Å². The van der Waals surface area contributed by atoms with Crippen molar-refractivity contribution in [3.05, 3.63) is 23.7 Å². The molecule has 3 nitrogen and oxygen atoms in total. The zero-order chi connectivity index (χ0) is 11.7. The van der Waals surface area contributed by atoms with Crippen molar-refractivity contribution in [1.82, 2.24) is 4.90 Å². The number of furan rings is 1. The summed E-state index contributed by atoms with van der Waals surface area (Å²) in [6.45, 7) is 4.69. The molecule has 1 heterocycles. The maximum atomic E-state index is 11.4. The van der Waals surface area contributed by atoms with E-state index in [1.165, 1.54) is 6.42 Å². The monoisotopic (exact) mass is 221 g/mol. The molecule has 2 atom stereocenters. The molecular formula is C13H19NO2. The SMILES string of the molecule is CCC(=O)N(C)Cc1ccc(C2CC2C)o1. The highest BCUT2D eigenvalue weighted by Gasteiger charge is 2.36. The van der Waals surface area contributed by atoms with Crippen molar-refractivity contribution in [3.63, 3.8) is 0 Å². The first-order valence-corrected chi connectivity index (χ1v) is 5.94. The summed E-state index contributed by atoms with van der Waals surface area (Å²) in [5.74, 6) is 3.49. The standard InChI is InChI=1S/C13H19NO2/c1-4-13(15)14(3)8-10-5-6-12(16-10)11-7-9(11)2/h5-6,9,11H,4,7-8H2,1-3H3. The summed E-state index contributed by atoms with van der Waals surface area (Å²) in [4.78, 5) is 13.1. The smallest absolute Gasteiger partial charge is 0.222 e. The van der Waals surface area contributed by atoms with Crippen LogP contribution in [0, 0.1) is 5.92 Å². The lowest BCUT2D eigenvalue weighted by molar-refractivity contribution is -0.130. The predicted molar refractivity (Wildman–Crippen MR) is 62.0 cm³/mol. The first-order chi connectivity index (χ1) is 7.61. The average molecular weight is 221 g/mol. The zero-order valence-corrected chi connectivity index (χ0v) is 10.2. The van der Waals surface area contributed by atoms with Gasteiger partial charge in [0.15, 0.2) is 0 Å². The van der Waals surface area contributed by atoms with Gasteiger partial charge in [0.1, 0.15) is 11.5 Å². The largest absolute Gasteiger partial charge is 0.464 e. The van der Waals surface area contributed by atoms with Crippen molar-refractivity contribution in [2.24, 2.45) is 5.92 Å². The summed E-state index contributed by atoms with van der Waals surface area (Å²) in [5, 5.41) is 0. The number of rotatable bonds is 4. The van der Waals surface area contributed by atoms with Gasteiger partial charge in [0.05, 0.1) is 6.54 Å². The molecule has 0 aliphatic heterocycles. The predicted octanol–water partition coefficient (Wildman–Crippen LogP) is 2.77. The zero-order valence-electron chi connectivity index (χ0n) is 10.2. The minimum atomic E-state index is 0.151. The highest BCUT2D eigenvalue weighted by molar-refractivity contribution is 5.75. The van der Waals surface area contributed by atoms with Crippen molar-refractivity contribution in [2.45, 2.75) is 39.2 Å². The summed E-state index contributed by atoms with van der Waals surface area (Å²) in [6.07, 6.45) is 1.78. The van der Waals surface area contributed by atoms with Crippen LogP contribution in [0.15, 0.2) is 16.5 Å². The van der Waals surface area contributed by atoms with Crippen LogP contribution < -0.4 is 0 Å². The van der Waals surface area contributed by atoms with Gasteiger partial charge in [-0.3, -0.25) is 4.79 Å². The van der Waals surface area contributed by atoms with E-state index < -0.39 is 0 Å². The molecule has 1 amide bonds. The maximum absolute atomic E-state index is 11.4. The molecule has 1 aromatic heterocycles. The molecule has 1 aliphatic carbocycles. The van der Waals surface area contributed by atoms with Gasteiger partial charge < -0.3 is 9.32 Å². The Labute approximate surface area is 96.4 Å². The molecule has 0 spiro atoms. The lowest BCUT2D eigenvalue weighted by atomic mass is 10.3. The normalized spacial score (nSPS) is 23.2. The number of hydrogen-bond donors (Lipinski definition) is 0. The molecule has 1 aliphatic rings. The van der Waals surface area contributed by atoms with E-state index in [-0.39, 0.29) is 5.91 Å². The minimum absolute atomic E-state index is 0.151. The third-order valence-corrected chi connectivity index (χ3v) is 3.28. The molecule has 1 aromatic rings. The van der Waals surface area contributed by atoms with Gasteiger partial charge in [-0.1, -0.05) is 13.8 Å². The van der Waals surface area contributed by atoms with Gasteiger partial charge in [0, 0.05) is 19.4 Å². The van der Waals surface area contributed by atoms with Crippen LogP contribution >= 0.6 is 0 Å². The van der Waals surface area contributed by atoms with E-state index in [1.54, 1.807) is 4.90 Å². The fourth-order valence-corrected chi connectivity index (χ4v) is 1.99. The Hall–Kier alpha value is -1.25. The summed E-state index contributed by atoms with van der Waals surface area (Å²) < 4.78 is 5.75. The topological polar surface area (TPSA) is 33.5 Å². The van der Waals surface area contributed by atoms with E-state index in [4.69, 9.17) is 4.42 Å². The van der Waals surface area contributed by atoms with Gasteiger partial charge in [-0.15, -0.1) is 0 Å². The number of amides is 1. The molecule has 0 radical (unpaired) electrons. The van der Waals surface area contributed by atoms with E-state index in [9.17, 15) is 4.79 Å². The molecule has 1 saturated carbocycles. The fraction of sp³-hybridized carbons (Fsp3) is 0.615. The number of nitrogens with zero attached hydrogens (tertiary/aromatic N) is 1. The third kappa shape index (κ3) is 2.29. The van der Waals surface area contributed by atoms with E-state index in [0.29, 0.717) is 18.9 Å². The van der Waals surface area contributed by atoms with Crippen molar-refractivity contribution < 1.29 is 9.21 Å². The molecule has 3 heteroatoms. The lowest BCUT2D eigenvalue weighted by Gasteiger charge is -2.14. The highest BCUT2D eigenvalue weighted by atomic mass is 16.3. The van der Waals surface area contributed by atoms with E-state index in [1.807, 2.05) is 26.1 Å². The fourth-order valence-electron chi connectivity index (χ4n) is 1.99. The molecule has 2 rings (SSSR count). The Morgan fingerprint density at radius 3 is 2.81 bits per heavy atom. The van der Waals surface area contributed by atoms with E-state index >= 15 is 0 Å². The van der Waals surface area contributed by atoms with Crippen LogP contribution in [0.2, 0.25) is 0 Å². The summed E-state index contributed by atoms with van der Waals surface area (Å²) in [6, 6.07) is 4.04. The van der Waals surface area contributed by atoms with E-state index in [0.717, 1.165) is 17.4 Å². The second-order valence-corrected chi connectivity index (χ2v) is 4.73. The number of carbonyl (C=O) groups is 1. The molecular weight excluding hydrogens is 202 g/mol. The Bertz CT molecular complexity index is 383. The van der Waals surface area contributed by atoms with Crippen LogP contribution in [0.1, 0.15) is 44.1 Å². The van der Waals surface area contributed by atoms with E-state index in [2.05, 4.69) is 6.92 Å². The van der Waals surface area contributed by atoms with Gasteiger partial charge in [-0.2, -0.15) is 0 Å². The average Bonchev–Trinajstić information content (AvgIpc) is 2.82. The first kappa shape index (κ1) is 11.2. The van der Waals surface area contributed by atoms with Crippen LogP contribution in [0.5, 0.6) is 0 Å². The van der Waals surface area contributed by atoms with Crippen LogP contribution in [-0.4, -0.2) is 17.9 Å². The van der Waals surface area contributed by atoms with Crippen molar-refractivity contribution in [2.75, 3.05) is 7.05 Å². The second kappa shape index (κ2) is 4.32. The van der Waals surface area contributed by atoms with Crippen molar-refractivity contribution >= 4 is 5.91 Å². The summed E-state index contributed by atoms with van der Waals surface area (Å²) in [5.41, 5.74) is 0. The van der Waals surface area contributed by atoms with Crippen LogP contribution in [-0.2, 0) is 11.3 Å². The summed E-state index contributed by atoms with van der Waals surface area (Å²) >= 11 is 0. The molecule has 0 saturated heterocycles. The maximum Gasteiger partial charge on any atom is 0.222 e. The molecule has 1 fully saturated rings. The minimum Gasteiger partial charge on any atom is -0.464 e. The Balaban J connectivity index is 1.95. The second-order valence-electron chi connectivity index (χ2n) is 4.73. The van der Waals surface area contributed by atoms with Crippen LogP contribution in [0.25, 0.3) is 0 Å². The van der Waals surface area contributed by atoms with Gasteiger partial charge in [-0.05, 0) is 24.5 Å². The number of carbonyl (C=O) groups excluding carboxylic acids is 1. The molecule has 0 N–H and O–H groups in total. The highest BCUT2D eigenvalue weighted by Crippen LogP contribution is 2.47. The van der Waals surface area contributed by atoms with Crippen LogP contribution in [0.3, 0.4) is 0 Å². The van der Waals surface area contributed by atoms with Crippen LogP contribution in [0.4, 0.5) is 0 Å². The Morgan fingerprint density at radius 2 is 2.25 bits per heavy atom. The van der Waals surface area contributed by atoms with Crippen molar-refractivity contribution in [1.29, 1.82) is 0 Å². The van der Waals surface area contributed by atoms with Gasteiger partial charge in [0.2, 0.25) is 5.91 Å². The lowest BCUT2D eigenvalue weighted by Crippen LogP contribution is -2.24. The quantitative estimate of drug-likeness (QED) is 0.783. The van der Waals surface area contributed by atoms with Gasteiger partial charge >= 0.3 is 0 Å². The molecule has 2 unspecified atom stereocenters. The Morgan fingerprint density at radius 1 is 1.56 bits per heavy atom. The number of hydrogen-bond acceptors (Lipinski definition) is 2. The molecule has 0 bridgehead atoms. The third-order valence-electron chi connectivity index (χ3n) is 3.28. The molecule has 0 aromatic carbocycles. The first-order valence-electron chi connectivity index (χ1n) is 5.94. The van der Waals surface area contributed by atoms with Gasteiger partial charge in [-0.25, -0.2) is 0 Å². The molecule has 88 valence electrons. The van der Waals surface area contributed by atoms with Gasteiger partial charge in [0.25, 0.3) is 0 Å². The Kier molecular flexibility index (Phi) is 3.03.